The molecule has 0 unspecified atom stereocenters. The lowest BCUT2D eigenvalue weighted by Gasteiger charge is -2.24. The van der Waals surface area contributed by atoms with Gasteiger partial charge in [0.1, 0.15) is 11.8 Å². The topological polar surface area (TPSA) is 104 Å². The van der Waals surface area contributed by atoms with Crippen LogP contribution in [0, 0.1) is 6.92 Å². The first kappa shape index (κ1) is 24.9. The summed E-state index contributed by atoms with van der Waals surface area (Å²) in [4.78, 5) is 41.4. The number of ether oxygens (including phenoxy) is 2. The molecule has 1 saturated heterocycles. The van der Waals surface area contributed by atoms with Gasteiger partial charge in [0.05, 0.1) is 29.2 Å². The maximum Gasteiger partial charge on any atom is 0.573 e. The molecule has 2 aromatic carbocycles. The molecule has 0 aliphatic carbocycles. The van der Waals surface area contributed by atoms with Gasteiger partial charge in [0, 0.05) is 6.54 Å². The number of amides is 1. The van der Waals surface area contributed by atoms with Crippen molar-refractivity contribution in [2.24, 2.45) is 0 Å². The first-order valence-electron chi connectivity index (χ1n) is 11.0. The second-order valence-corrected chi connectivity index (χ2v) is 8.07. The molecule has 1 atom stereocenters. The Hall–Kier alpha value is -4.22. The number of Topliss-reactive ketones (excluding diaryl/α,β-unsaturated/α-hetero) is 1. The number of nitrogens with zero attached hydrogens (tertiary/aromatic N) is 4. The van der Waals surface area contributed by atoms with Gasteiger partial charge in [-0.2, -0.15) is 15.0 Å². The van der Waals surface area contributed by atoms with Crippen LogP contribution in [-0.2, 0) is 9.53 Å². The summed E-state index contributed by atoms with van der Waals surface area (Å²) in [5, 5.41) is 8.14. The zero-order valence-electron chi connectivity index (χ0n) is 19.1. The number of benzene rings is 2. The number of alkyl halides is 3. The van der Waals surface area contributed by atoms with E-state index in [1.807, 2.05) is 6.92 Å². The molecular formula is C24H21F3N4O5. The molecule has 0 saturated carbocycles. The Balaban J connectivity index is 1.47. The molecule has 0 bridgehead atoms. The number of rotatable bonds is 7. The van der Waals surface area contributed by atoms with Gasteiger partial charge in [-0.1, -0.05) is 23.8 Å². The highest BCUT2D eigenvalue weighted by atomic mass is 19.4. The minimum absolute atomic E-state index is 0.286. The Kier molecular flexibility index (Phi) is 7.04. The van der Waals surface area contributed by atoms with Gasteiger partial charge in [-0.25, -0.2) is 4.79 Å². The molecule has 1 aliphatic rings. The first-order valence-corrected chi connectivity index (χ1v) is 11.0. The number of carbonyl (C=O) groups excluding carboxylic acids is 3. The maximum absolute atomic E-state index is 13.4. The van der Waals surface area contributed by atoms with E-state index in [4.69, 9.17) is 4.74 Å². The average Bonchev–Trinajstić information content (AvgIpc) is 3.54. The van der Waals surface area contributed by atoms with Gasteiger partial charge in [-0.05, 0) is 44.0 Å². The molecule has 1 fully saturated rings. The molecule has 1 aliphatic heterocycles. The monoisotopic (exact) mass is 502 g/mol. The number of carbonyl (C=O) groups is 3. The fraction of sp³-hybridized carbons (Fsp3) is 0.292. The second kappa shape index (κ2) is 10.2. The summed E-state index contributed by atoms with van der Waals surface area (Å²) in [6, 6.07) is 9.00. The van der Waals surface area contributed by atoms with Crippen LogP contribution in [0.2, 0.25) is 0 Å². The minimum Gasteiger partial charge on any atom is -0.456 e. The lowest BCUT2D eigenvalue weighted by molar-refractivity contribution is -0.274. The summed E-state index contributed by atoms with van der Waals surface area (Å²) in [6.07, 6.45) is -1.20. The fourth-order valence-corrected chi connectivity index (χ4v) is 3.97. The lowest BCUT2D eigenvalue weighted by atomic mass is 10.1. The molecule has 4 rings (SSSR count). The molecule has 36 heavy (non-hydrogen) atoms. The van der Waals surface area contributed by atoms with Crippen LogP contribution < -0.4 is 4.74 Å². The molecule has 0 N–H and O–H groups in total. The predicted molar refractivity (Wildman–Crippen MR) is 119 cm³/mol. The van der Waals surface area contributed by atoms with Gasteiger partial charge in [-0.3, -0.25) is 9.59 Å². The van der Waals surface area contributed by atoms with Crippen molar-refractivity contribution in [2.75, 3.05) is 13.2 Å². The van der Waals surface area contributed by atoms with Crippen LogP contribution in [0.15, 0.2) is 54.9 Å². The number of ketones is 1. The molecule has 9 nitrogen and oxygen atoms in total. The van der Waals surface area contributed by atoms with Crippen LogP contribution in [-0.4, -0.2) is 63.1 Å². The average molecular weight is 502 g/mol. The van der Waals surface area contributed by atoms with Gasteiger partial charge in [0.25, 0.3) is 5.91 Å². The number of esters is 1. The third-order valence-electron chi connectivity index (χ3n) is 5.56. The molecule has 1 aromatic heterocycles. The summed E-state index contributed by atoms with van der Waals surface area (Å²) >= 11 is 0. The lowest BCUT2D eigenvalue weighted by Crippen LogP contribution is -2.42. The SMILES string of the molecule is Cc1ccc(-n2nccn2)c(C(=O)N2CCC[C@H]2C(=O)OCC(=O)c2ccccc2OC(F)(F)F)c1. The molecule has 188 valence electrons. The van der Waals surface area contributed by atoms with E-state index in [1.165, 1.54) is 34.2 Å². The van der Waals surface area contributed by atoms with E-state index in [0.29, 0.717) is 24.1 Å². The van der Waals surface area contributed by atoms with Crippen LogP contribution in [0.1, 0.15) is 39.1 Å². The zero-order valence-corrected chi connectivity index (χ0v) is 19.1. The number of halogens is 3. The highest BCUT2D eigenvalue weighted by Gasteiger charge is 2.37. The van der Waals surface area contributed by atoms with Crippen molar-refractivity contribution in [3.8, 4) is 11.4 Å². The van der Waals surface area contributed by atoms with E-state index in [2.05, 4.69) is 14.9 Å². The second-order valence-electron chi connectivity index (χ2n) is 8.07. The summed E-state index contributed by atoms with van der Waals surface area (Å²) < 4.78 is 46.9. The number of hydrogen-bond acceptors (Lipinski definition) is 7. The van der Waals surface area contributed by atoms with E-state index in [-0.39, 0.29) is 12.1 Å². The van der Waals surface area contributed by atoms with Crippen molar-refractivity contribution in [1.82, 2.24) is 19.9 Å². The van der Waals surface area contributed by atoms with Gasteiger partial charge in [0.15, 0.2) is 6.61 Å². The molecule has 2 heterocycles. The third kappa shape index (κ3) is 5.53. The summed E-state index contributed by atoms with van der Waals surface area (Å²) in [7, 11) is 0. The van der Waals surface area contributed by atoms with Crippen LogP contribution in [0.4, 0.5) is 13.2 Å². The Labute approximate surface area is 203 Å². The summed E-state index contributed by atoms with van der Waals surface area (Å²) in [6.45, 7) is 1.30. The number of aryl methyl sites for hydroxylation is 1. The minimum atomic E-state index is -4.99. The number of hydrogen-bond donors (Lipinski definition) is 0. The first-order chi connectivity index (χ1) is 17.1. The third-order valence-corrected chi connectivity index (χ3v) is 5.56. The maximum atomic E-state index is 13.4. The molecule has 12 heteroatoms. The van der Waals surface area contributed by atoms with Crippen LogP contribution >= 0.6 is 0 Å². The zero-order chi connectivity index (χ0) is 25.9. The highest BCUT2D eigenvalue weighted by molar-refractivity contribution is 6.02. The fourth-order valence-electron chi connectivity index (χ4n) is 3.97. The van der Waals surface area contributed by atoms with Crippen molar-refractivity contribution in [3.63, 3.8) is 0 Å². The van der Waals surface area contributed by atoms with E-state index >= 15 is 0 Å². The van der Waals surface area contributed by atoms with Crippen LogP contribution in [0.25, 0.3) is 5.69 Å². The smallest absolute Gasteiger partial charge is 0.456 e. The Morgan fingerprint density at radius 3 is 2.50 bits per heavy atom. The molecular weight excluding hydrogens is 481 g/mol. The standard InChI is InChI=1S/C24H21F3N4O5/c1-15-8-9-18(31-28-10-11-29-31)17(13-15)22(33)30-12-4-6-19(30)23(34)35-14-20(32)16-5-2-3-7-21(16)36-24(25,26)27/h2-3,5,7-11,13,19H,4,6,12,14H2,1H3/t19-/m0/s1. The van der Waals surface area contributed by atoms with Gasteiger partial charge in [-0.15, -0.1) is 13.2 Å². The summed E-state index contributed by atoms with van der Waals surface area (Å²) in [5.74, 6) is -2.82. The number of likely N-dealkylation sites (tertiary alicyclic amines) is 1. The van der Waals surface area contributed by atoms with Crippen molar-refractivity contribution in [2.45, 2.75) is 32.2 Å². The van der Waals surface area contributed by atoms with Crippen LogP contribution in [0.3, 0.4) is 0 Å². The van der Waals surface area contributed by atoms with Gasteiger partial charge in [0.2, 0.25) is 5.78 Å². The van der Waals surface area contributed by atoms with E-state index in [9.17, 15) is 27.6 Å². The van der Waals surface area contributed by atoms with Gasteiger partial charge >= 0.3 is 12.3 Å². The highest BCUT2D eigenvalue weighted by Crippen LogP contribution is 2.27. The largest absolute Gasteiger partial charge is 0.573 e. The number of aromatic nitrogens is 3. The normalized spacial score (nSPS) is 15.6. The Morgan fingerprint density at radius 1 is 1.06 bits per heavy atom. The van der Waals surface area contributed by atoms with E-state index in [0.717, 1.165) is 17.7 Å². The molecule has 0 radical (unpaired) electrons. The molecule has 1 amide bonds. The van der Waals surface area contributed by atoms with Gasteiger partial charge < -0.3 is 14.4 Å². The van der Waals surface area contributed by atoms with Crippen molar-refractivity contribution in [1.29, 1.82) is 0 Å². The summed E-state index contributed by atoms with van der Waals surface area (Å²) in [5.41, 5.74) is 1.17. The van der Waals surface area contributed by atoms with Crippen molar-refractivity contribution < 1.29 is 37.0 Å². The van der Waals surface area contributed by atoms with E-state index in [1.54, 1.807) is 18.2 Å². The van der Waals surface area contributed by atoms with Crippen molar-refractivity contribution >= 4 is 17.7 Å². The molecule has 0 spiro atoms. The van der Waals surface area contributed by atoms with E-state index < -0.39 is 42.4 Å². The predicted octanol–water partition coefficient (Wildman–Crippen LogP) is 3.51. The Morgan fingerprint density at radius 2 is 1.78 bits per heavy atom. The van der Waals surface area contributed by atoms with Crippen molar-refractivity contribution in [3.05, 3.63) is 71.5 Å². The quantitative estimate of drug-likeness (QED) is 0.360. The Bertz CT molecular complexity index is 1280. The number of para-hydroxylation sites is 1. The molecule has 3 aromatic rings. The van der Waals surface area contributed by atoms with Crippen LogP contribution in [0.5, 0.6) is 5.75 Å².